The Kier molecular flexibility index (Phi) is 10.0. The van der Waals surface area contributed by atoms with Gasteiger partial charge in [0.25, 0.3) is 0 Å². The molecule has 0 radical (unpaired) electrons. The van der Waals surface area contributed by atoms with Crippen molar-refractivity contribution in [2.45, 2.75) is 67.5 Å². The summed E-state index contributed by atoms with van der Waals surface area (Å²) < 4.78 is 8.06. The van der Waals surface area contributed by atoms with E-state index in [0.717, 1.165) is 43.2 Å². The van der Waals surface area contributed by atoms with Crippen molar-refractivity contribution in [3.8, 4) is 5.75 Å². The van der Waals surface area contributed by atoms with E-state index in [2.05, 4.69) is 54.6 Å². The van der Waals surface area contributed by atoms with Gasteiger partial charge in [-0.15, -0.1) is 0 Å². The van der Waals surface area contributed by atoms with Crippen LogP contribution in [0.3, 0.4) is 0 Å². The topological polar surface area (TPSA) is 59.4 Å². The van der Waals surface area contributed by atoms with Crippen molar-refractivity contribution in [3.63, 3.8) is 0 Å². The normalized spacial score (nSPS) is 11.4. The van der Waals surface area contributed by atoms with Gasteiger partial charge in [-0.25, -0.2) is 0 Å². The van der Waals surface area contributed by atoms with Gasteiger partial charge in [-0.05, 0) is 50.9 Å². The third-order valence-corrected chi connectivity index (χ3v) is 5.68. The average Bonchev–Trinajstić information content (AvgIpc) is 3.00. The summed E-state index contributed by atoms with van der Waals surface area (Å²) in [6, 6.07) is 7.93. The Morgan fingerprint density at radius 3 is 2.58 bits per heavy atom. The second-order valence-electron chi connectivity index (χ2n) is 8.49. The first-order valence-electron chi connectivity index (χ1n) is 11.6. The fraction of sp³-hybridized carbons (Fsp3) is 0.600. The predicted molar refractivity (Wildman–Crippen MR) is 126 cm³/mol. The van der Waals surface area contributed by atoms with Gasteiger partial charge >= 0.3 is 0 Å². The van der Waals surface area contributed by atoms with Crippen LogP contribution < -0.4 is 10.1 Å². The molecular weight excluding hydrogens is 388 g/mol. The van der Waals surface area contributed by atoms with E-state index in [-0.39, 0.29) is 5.91 Å². The molecule has 0 spiro atoms. The van der Waals surface area contributed by atoms with Crippen molar-refractivity contribution in [1.29, 1.82) is 0 Å². The van der Waals surface area contributed by atoms with Gasteiger partial charge in [0.15, 0.2) is 0 Å². The number of carbonyl (C=O) groups is 1. The first-order valence-corrected chi connectivity index (χ1v) is 11.6. The third kappa shape index (κ3) is 7.69. The number of rotatable bonds is 13. The quantitative estimate of drug-likeness (QED) is 0.521. The van der Waals surface area contributed by atoms with Gasteiger partial charge in [0.2, 0.25) is 5.91 Å². The van der Waals surface area contributed by atoms with Gasteiger partial charge in [-0.2, -0.15) is 5.10 Å². The Balaban J connectivity index is 1.86. The molecule has 31 heavy (non-hydrogen) atoms. The number of benzene rings is 1. The minimum Gasteiger partial charge on any atom is -0.492 e. The minimum atomic E-state index is 0.0494. The highest BCUT2D eigenvalue weighted by Gasteiger charge is 2.14. The summed E-state index contributed by atoms with van der Waals surface area (Å²) in [5.74, 6) is 1.44. The van der Waals surface area contributed by atoms with E-state index in [1.165, 1.54) is 11.3 Å². The lowest BCUT2D eigenvalue weighted by Crippen LogP contribution is -2.28. The van der Waals surface area contributed by atoms with Gasteiger partial charge in [0, 0.05) is 37.3 Å². The maximum Gasteiger partial charge on any atom is 0.220 e. The lowest BCUT2D eigenvalue weighted by molar-refractivity contribution is -0.121. The lowest BCUT2D eigenvalue weighted by Gasteiger charge is -2.19. The maximum absolute atomic E-state index is 12.5. The van der Waals surface area contributed by atoms with E-state index in [1.54, 1.807) is 0 Å². The third-order valence-electron chi connectivity index (χ3n) is 5.68. The molecule has 0 aliphatic heterocycles. The number of carbonyl (C=O) groups excluding carboxylic acids is 1. The Hall–Kier alpha value is -2.34. The molecule has 1 amide bonds. The summed E-state index contributed by atoms with van der Waals surface area (Å²) >= 11 is 0. The average molecular weight is 429 g/mol. The van der Waals surface area contributed by atoms with Crippen molar-refractivity contribution in [1.82, 2.24) is 20.0 Å². The zero-order valence-corrected chi connectivity index (χ0v) is 20.2. The number of para-hydroxylation sites is 1. The Morgan fingerprint density at radius 2 is 1.90 bits per heavy atom. The number of hydrogen-bond donors (Lipinski definition) is 1. The van der Waals surface area contributed by atoms with E-state index in [0.29, 0.717) is 31.9 Å². The minimum absolute atomic E-state index is 0.0494. The van der Waals surface area contributed by atoms with Crippen LogP contribution in [0.4, 0.5) is 0 Å². The van der Waals surface area contributed by atoms with E-state index < -0.39 is 0 Å². The molecule has 6 heteroatoms. The number of aryl methyl sites for hydroxylation is 1. The van der Waals surface area contributed by atoms with E-state index in [4.69, 9.17) is 4.74 Å². The fourth-order valence-electron chi connectivity index (χ4n) is 3.76. The zero-order chi connectivity index (χ0) is 22.8. The summed E-state index contributed by atoms with van der Waals surface area (Å²) in [6.07, 6.45) is 1.17. The Bertz CT molecular complexity index is 825. The summed E-state index contributed by atoms with van der Waals surface area (Å²) in [5.41, 5.74) is 4.40. The van der Waals surface area contributed by atoms with Crippen LogP contribution in [0.15, 0.2) is 24.3 Å². The van der Waals surface area contributed by atoms with Crippen LogP contribution in [0.5, 0.6) is 5.75 Å². The molecule has 0 bridgehead atoms. The van der Waals surface area contributed by atoms with Crippen molar-refractivity contribution in [2.75, 3.05) is 26.2 Å². The van der Waals surface area contributed by atoms with E-state index in [9.17, 15) is 4.79 Å². The van der Waals surface area contributed by atoms with Gasteiger partial charge in [-0.1, -0.05) is 45.9 Å². The van der Waals surface area contributed by atoms with Gasteiger partial charge in [0.1, 0.15) is 12.4 Å². The van der Waals surface area contributed by atoms with Gasteiger partial charge < -0.3 is 15.0 Å². The van der Waals surface area contributed by atoms with Crippen molar-refractivity contribution >= 4 is 5.91 Å². The molecular formula is C25H40N4O2. The fourth-order valence-corrected chi connectivity index (χ4v) is 3.76. The monoisotopic (exact) mass is 428 g/mol. The number of hydrogen-bond acceptors (Lipinski definition) is 4. The number of likely N-dealkylation sites (N-methyl/N-ethyl adjacent to an activating group) is 1. The number of nitrogens with zero attached hydrogens (tertiary/aromatic N) is 3. The number of amides is 1. The smallest absolute Gasteiger partial charge is 0.220 e. The van der Waals surface area contributed by atoms with Crippen LogP contribution in [-0.2, 0) is 24.3 Å². The SMILES string of the molecule is CCN(CC)CCOc1ccccc1CNC(=O)CCc1c(C)nn(CC(C)C)c1C. The molecule has 1 aromatic heterocycles. The highest BCUT2D eigenvalue weighted by atomic mass is 16.5. The van der Waals surface area contributed by atoms with Gasteiger partial charge in [0.05, 0.1) is 5.69 Å². The van der Waals surface area contributed by atoms with Gasteiger partial charge in [-0.3, -0.25) is 9.48 Å². The molecule has 0 fully saturated rings. The van der Waals surface area contributed by atoms with Crippen LogP contribution in [0.2, 0.25) is 0 Å². The molecule has 0 atom stereocenters. The molecule has 0 saturated heterocycles. The lowest BCUT2D eigenvalue weighted by atomic mass is 10.1. The Morgan fingerprint density at radius 1 is 1.19 bits per heavy atom. The zero-order valence-electron chi connectivity index (χ0n) is 20.2. The summed E-state index contributed by atoms with van der Waals surface area (Å²) in [6.45, 7) is 17.8. The predicted octanol–water partition coefficient (Wildman–Crippen LogP) is 4.13. The maximum atomic E-state index is 12.5. The molecule has 2 aromatic rings. The summed E-state index contributed by atoms with van der Waals surface area (Å²) in [7, 11) is 0. The van der Waals surface area contributed by atoms with Crippen molar-refractivity contribution in [3.05, 3.63) is 46.8 Å². The molecule has 0 unspecified atom stereocenters. The highest BCUT2D eigenvalue weighted by molar-refractivity contribution is 5.76. The van der Waals surface area contributed by atoms with Crippen LogP contribution in [0, 0.1) is 19.8 Å². The first kappa shape index (κ1) is 24.9. The standard InChI is InChI=1S/C25H40N4O2/c1-7-28(8-2)15-16-31-24-12-10-9-11-22(24)17-26-25(30)14-13-23-20(5)27-29(21(23)6)18-19(3)4/h9-12,19H,7-8,13-18H2,1-6H3,(H,26,30). The molecule has 172 valence electrons. The van der Waals surface area contributed by atoms with E-state index in [1.807, 2.05) is 31.2 Å². The molecule has 1 aromatic carbocycles. The molecule has 1 N–H and O–H groups in total. The largest absolute Gasteiger partial charge is 0.492 e. The van der Waals surface area contributed by atoms with Crippen LogP contribution in [0.25, 0.3) is 0 Å². The van der Waals surface area contributed by atoms with Crippen LogP contribution in [-0.4, -0.2) is 46.8 Å². The number of nitrogens with one attached hydrogen (secondary N) is 1. The molecule has 6 nitrogen and oxygen atoms in total. The number of ether oxygens (including phenoxy) is 1. The molecule has 1 heterocycles. The molecule has 0 aliphatic carbocycles. The Labute approximate surface area is 188 Å². The second kappa shape index (κ2) is 12.5. The van der Waals surface area contributed by atoms with Crippen molar-refractivity contribution < 1.29 is 9.53 Å². The highest BCUT2D eigenvalue weighted by Crippen LogP contribution is 2.19. The summed E-state index contributed by atoms with van der Waals surface area (Å²) in [4.78, 5) is 14.8. The number of aromatic nitrogens is 2. The first-order chi connectivity index (χ1) is 14.8. The molecule has 0 aliphatic rings. The molecule has 0 saturated carbocycles. The second-order valence-corrected chi connectivity index (χ2v) is 8.49. The molecule has 2 rings (SSSR count). The van der Waals surface area contributed by atoms with Crippen LogP contribution >= 0.6 is 0 Å². The summed E-state index contributed by atoms with van der Waals surface area (Å²) in [5, 5.41) is 7.70. The van der Waals surface area contributed by atoms with Crippen molar-refractivity contribution in [2.24, 2.45) is 5.92 Å². The van der Waals surface area contributed by atoms with Crippen LogP contribution in [0.1, 0.15) is 56.6 Å². The van der Waals surface area contributed by atoms with E-state index >= 15 is 0 Å².